The van der Waals surface area contributed by atoms with Crippen molar-refractivity contribution in [3.8, 4) is 17.0 Å². The Balaban J connectivity index is 1.73. The largest absolute Gasteiger partial charge is 0.491 e. The van der Waals surface area contributed by atoms with Gasteiger partial charge in [-0.15, -0.1) is 11.3 Å². The van der Waals surface area contributed by atoms with Crippen molar-refractivity contribution in [2.24, 2.45) is 0 Å². The molecule has 0 bridgehead atoms. The fourth-order valence-electron chi connectivity index (χ4n) is 3.63. The Morgan fingerprint density at radius 3 is 2.44 bits per heavy atom. The molecule has 0 spiro atoms. The van der Waals surface area contributed by atoms with E-state index in [1.165, 1.54) is 18.4 Å². The Bertz CT molecular complexity index is 1340. The number of aromatic nitrogens is 1. The molecule has 1 amide bonds. The molecule has 0 radical (unpaired) electrons. The molecule has 1 N–H and O–H groups in total. The Labute approximate surface area is 202 Å². The number of carbonyl (C=O) groups is 2. The second-order valence-corrected chi connectivity index (χ2v) is 9.15. The number of fused-ring (bicyclic) bond motifs is 1. The van der Waals surface area contributed by atoms with Crippen molar-refractivity contribution < 1.29 is 19.1 Å². The molecule has 2 aromatic carbocycles. The number of amides is 1. The smallest absolute Gasteiger partial charge is 0.340 e. The van der Waals surface area contributed by atoms with E-state index in [9.17, 15) is 9.59 Å². The number of rotatable bonds is 7. The topological polar surface area (TPSA) is 77.5 Å². The monoisotopic (exact) mass is 474 g/mol. The summed E-state index contributed by atoms with van der Waals surface area (Å²) in [6, 6.07) is 18.7. The van der Waals surface area contributed by atoms with Gasteiger partial charge in [-0.25, -0.2) is 9.78 Å². The fourth-order valence-corrected chi connectivity index (χ4v) is 4.61. The van der Waals surface area contributed by atoms with Crippen LogP contribution in [0.1, 0.15) is 46.4 Å². The number of methoxy groups -OCH3 is 1. The molecule has 0 aliphatic carbocycles. The van der Waals surface area contributed by atoms with Gasteiger partial charge in [-0.2, -0.15) is 0 Å². The molecule has 174 valence electrons. The van der Waals surface area contributed by atoms with E-state index in [2.05, 4.69) is 5.32 Å². The van der Waals surface area contributed by atoms with Crippen molar-refractivity contribution in [1.82, 2.24) is 4.98 Å². The molecule has 0 fully saturated rings. The van der Waals surface area contributed by atoms with Gasteiger partial charge in [-0.05, 0) is 62.7 Å². The lowest BCUT2D eigenvalue weighted by atomic mass is 10.0. The molecule has 0 aliphatic rings. The molecule has 34 heavy (non-hydrogen) atoms. The van der Waals surface area contributed by atoms with Gasteiger partial charge >= 0.3 is 5.97 Å². The molecule has 7 heteroatoms. The van der Waals surface area contributed by atoms with Gasteiger partial charge in [0.05, 0.1) is 35.6 Å². The first-order chi connectivity index (χ1) is 16.4. The van der Waals surface area contributed by atoms with Crippen LogP contribution in [0.4, 0.5) is 5.00 Å². The number of anilines is 1. The molecule has 0 saturated heterocycles. The van der Waals surface area contributed by atoms with Crippen LogP contribution in [-0.4, -0.2) is 30.1 Å². The lowest BCUT2D eigenvalue weighted by Gasteiger charge is -2.12. The minimum atomic E-state index is -0.477. The number of thiophene rings is 1. The summed E-state index contributed by atoms with van der Waals surface area (Å²) in [6.07, 6.45) is 0.837. The van der Waals surface area contributed by atoms with Crippen molar-refractivity contribution in [2.45, 2.75) is 33.3 Å². The molecule has 0 atom stereocenters. The van der Waals surface area contributed by atoms with Gasteiger partial charge in [0.25, 0.3) is 5.91 Å². The average Bonchev–Trinajstić information content (AvgIpc) is 3.25. The van der Waals surface area contributed by atoms with Crippen LogP contribution in [0.15, 0.2) is 60.7 Å². The van der Waals surface area contributed by atoms with Crippen LogP contribution in [-0.2, 0) is 11.2 Å². The molecule has 0 saturated carbocycles. The van der Waals surface area contributed by atoms with Gasteiger partial charge in [0.2, 0.25) is 0 Å². The second kappa shape index (κ2) is 10.1. The normalized spacial score (nSPS) is 11.0. The van der Waals surface area contributed by atoms with Gasteiger partial charge in [0, 0.05) is 15.8 Å². The maximum absolute atomic E-state index is 13.4. The van der Waals surface area contributed by atoms with E-state index in [1.54, 1.807) is 12.1 Å². The third-order valence-electron chi connectivity index (χ3n) is 5.25. The van der Waals surface area contributed by atoms with Crippen molar-refractivity contribution in [3.63, 3.8) is 0 Å². The number of aryl methyl sites for hydroxylation is 1. The van der Waals surface area contributed by atoms with Gasteiger partial charge in [-0.1, -0.05) is 25.1 Å². The minimum Gasteiger partial charge on any atom is -0.491 e. The average molecular weight is 475 g/mol. The van der Waals surface area contributed by atoms with Crippen molar-refractivity contribution in [2.75, 3.05) is 12.4 Å². The van der Waals surface area contributed by atoms with Crippen LogP contribution in [0.5, 0.6) is 5.75 Å². The fraction of sp³-hybridized carbons (Fsp3) is 0.222. The molecule has 2 aromatic heterocycles. The first-order valence-electron chi connectivity index (χ1n) is 11.1. The van der Waals surface area contributed by atoms with E-state index in [1.807, 2.05) is 69.3 Å². The Morgan fingerprint density at radius 2 is 1.76 bits per heavy atom. The summed E-state index contributed by atoms with van der Waals surface area (Å²) >= 11 is 1.38. The van der Waals surface area contributed by atoms with Crippen molar-refractivity contribution >= 4 is 39.1 Å². The third-order valence-corrected chi connectivity index (χ3v) is 6.44. The first-order valence-corrected chi connectivity index (χ1v) is 11.9. The zero-order valence-corrected chi connectivity index (χ0v) is 20.4. The number of para-hydroxylation sites is 1. The first kappa shape index (κ1) is 23.4. The number of benzene rings is 2. The molecule has 0 aliphatic heterocycles. The number of nitrogens with one attached hydrogen (secondary N) is 1. The van der Waals surface area contributed by atoms with Crippen LogP contribution in [0.25, 0.3) is 22.2 Å². The number of pyridine rings is 1. The highest BCUT2D eigenvalue weighted by molar-refractivity contribution is 7.16. The summed E-state index contributed by atoms with van der Waals surface area (Å²) in [4.78, 5) is 31.4. The Morgan fingerprint density at radius 1 is 1.03 bits per heavy atom. The van der Waals surface area contributed by atoms with Crippen LogP contribution >= 0.6 is 11.3 Å². The highest BCUT2D eigenvalue weighted by atomic mass is 32.1. The second-order valence-electron chi connectivity index (χ2n) is 8.02. The van der Waals surface area contributed by atoms with Crippen LogP contribution in [0.2, 0.25) is 0 Å². The van der Waals surface area contributed by atoms with E-state index >= 15 is 0 Å². The Kier molecular flexibility index (Phi) is 6.93. The number of esters is 1. The van der Waals surface area contributed by atoms with E-state index in [0.717, 1.165) is 28.0 Å². The summed E-state index contributed by atoms with van der Waals surface area (Å²) < 4.78 is 10.6. The standard InChI is InChI=1S/C27H26N2O4S/c1-5-19-14-22(27(31)32-4)26(34-19)29-25(30)21-15-24(28-23-9-7-6-8-20(21)23)17-10-12-18(13-11-17)33-16(2)3/h6-16H,5H2,1-4H3,(H,29,30). The van der Waals surface area contributed by atoms with E-state index in [0.29, 0.717) is 27.3 Å². The maximum Gasteiger partial charge on any atom is 0.340 e. The molecule has 4 aromatic rings. The quantitative estimate of drug-likeness (QED) is 0.316. The number of hydrogen-bond acceptors (Lipinski definition) is 6. The van der Waals surface area contributed by atoms with Gasteiger partial charge < -0.3 is 14.8 Å². The van der Waals surface area contributed by atoms with E-state index in [4.69, 9.17) is 14.5 Å². The molecule has 0 unspecified atom stereocenters. The SMILES string of the molecule is CCc1cc(C(=O)OC)c(NC(=O)c2cc(-c3ccc(OC(C)C)cc3)nc3ccccc23)s1. The number of ether oxygens (including phenoxy) is 2. The van der Waals surface area contributed by atoms with Crippen molar-refractivity contribution in [3.05, 3.63) is 76.7 Å². The predicted octanol–water partition coefficient (Wildman–Crippen LogP) is 6.35. The summed E-state index contributed by atoms with van der Waals surface area (Å²) in [5.74, 6) is -0.0123. The molecular formula is C27H26N2O4S. The zero-order valence-electron chi connectivity index (χ0n) is 19.5. The molecule has 6 nitrogen and oxygen atoms in total. The zero-order chi connectivity index (χ0) is 24.2. The van der Waals surface area contributed by atoms with Crippen LogP contribution < -0.4 is 10.1 Å². The summed E-state index contributed by atoms with van der Waals surface area (Å²) in [6.45, 7) is 5.96. The number of carbonyl (C=O) groups excluding carboxylic acids is 2. The van der Waals surface area contributed by atoms with E-state index < -0.39 is 5.97 Å². The van der Waals surface area contributed by atoms with Crippen LogP contribution in [0.3, 0.4) is 0 Å². The summed E-state index contributed by atoms with van der Waals surface area (Å²) in [5, 5.41) is 4.14. The third kappa shape index (κ3) is 4.94. The maximum atomic E-state index is 13.4. The molecular weight excluding hydrogens is 448 g/mol. The predicted molar refractivity (Wildman–Crippen MR) is 136 cm³/mol. The number of hydrogen-bond donors (Lipinski definition) is 1. The van der Waals surface area contributed by atoms with Crippen molar-refractivity contribution in [1.29, 1.82) is 0 Å². The van der Waals surface area contributed by atoms with Gasteiger partial charge in [0.15, 0.2) is 0 Å². The highest BCUT2D eigenvalue weighted by Crippen LogP contribution is 2.31. The summed E-state index contributed by atoms with van der Waals surface area (Å²) in [7, 11) is 1.33. The highest BCUT2D eigenvalue weighted by Gasteiger charge is 2.20. The Hall–Kier alpha value is -3.71. The van der Waals surface area contributed by atoms with E-state index in [-0.39, 0.29) is 12.0 Å². The van der Waals surface area contributed by atoms with Gasteiger partial charge in [0.1, 0.15) is 10.8 Å². The molecule has 2 heterocycles. The number of nitrogens with zero attached hydrogens (tertiary/aromatic N) is 1. The molecule has 4 rings (SSSR count). The lowest BCUT2D eigenvalue weighted by Crippen LogP contribution is -2.14. The lowest BCUT2D eigenvalue weighted by molar-refractivity contribution is 0.0602. The van der Waals surface area contributed by atoms with Gasteiger partial charge in [-0.3, -0.25) is 4.79 Å². The minimum absolute atomic E-state index is 0.0836. The summed E-state index contributed by atoms with van der Waals surface area (Å²) in [5.41, 5.74) is 3.09. The van der Waals surface area contributed by atoms with Crippen LogP contribution in [0, 0.1) is 0 Å².